The predicted octanol–water partition coefficient (Wildman–Crippen LogP) is 11.5. The number of thioether (sulfide) groups is 2. The molecule has 0 aliphatic rings. The van der Waals surface area contributed by atoms with E-state index in [1.54, 1.807) is 69.3 Å². The molecule has 0 saturated heterocycles. The second-order valence-corrected chi connectivity index (χ2v) is 27.8. The van der Waals surface area contributed by atoms with Gasteiger partial charge in [-0.15, -0.1) is 56.6 Å². The van der Waals surface area contributed by atoms with E-state index in [1.165, 1.54) is 42.6 Å². The highest BCUT2D eigenvalue weighted by Gasteiger charge is 2.27. The topological polar surface area (TPSA) is 467 Å². The van der Waals surface area contributed by atoms with Crippen molar-refractivity contribution in [3.05, 3.63) is 106 Å². The van der Waals surface area contributed by atoms with Crippen LogP contribution < -0.4 is 15.2 Å². The quantitative estimate of drug-likeness (QED) is 0.0127. The number of aromatic hydroxyl groups is 1. The van der Waals surface area contributed by atoms with Gasteiger partial charge in [0.25, 0.3) is 46.4 Å². The number of fused-ring (bicyclic) bond motifs is 3. The first kappa shape index (κ1) is 69.7. The highest BCUT2D eigenvalue weighted by Crippen LogP contribution is 2.44. The molecular weight excluding hydrogens is 1320 g/mol. The maximum absolute atomic E-state index is 13.0. The molecule has 0 saturated carbocycles. The van der Waals surface area contributed by atoms with Crippen LogP contribution in [0.5, 0.6) is 17.4 Å². The molecule has 0 aliphatic carbocycles. The summed E-state index contributed by atoms with van der Waals surface area (Å²) in [6.07, 6.45) is -0.0311. The van der Waals surface area contributed by atoms with Crippen LogP contribution in [0.25, 0.3) is 16.7 Å². The summed E-state index contributed by atoms with van der Waals surface area (Å²) in [5.41, 5.74) is 8.86. The van der Waals surface area contributed by atoms with Gasteiger partial charge in [0.2, 0.25) is 5.88 Å². The van der Waals surface area contributed by atoms with Gasteiger partial charge in [-0.25, -0.2) is 4.98 Å². The van der Waals surface area contributed by atoms with Crippen molar-refractivity contribution in [3.8, 4) is 17.4 Å². The van der Waals surface area contributed by atoms with E-state index in [9.17, 15) is 61.8 Å². The van der Waals surface area contributed by atoms with Crippen LogP contribution in [-0.2, 0) is 51.1 Å². The van der Waals surface area contributed by atoms with E-state index in [0.717, 1.165) is 23.6 Å². The molecular formula is C50H52ClN11O19S7. The van der Waals surface area contributed by atoms with E-state index in [0.29, 0.717) is 54.3 Å². The number of hydrogen-bond acceptors (Lipinski definition) is 26. The first-order chi connectivity index (χ1) is 41.1. The molecule has 0 radical (unpaired) electrons. The van der Waals surface area contributed by atoms with Crippen molar-refractivity contribution in [2.24, 2.45) is 46.6 Å². The molecule has 2 aromatic heterocycles. The first-order valence-corrected chi connectivity index (χ1v) is 34.6. The summed E-state index contributed by atoms with van der Waals surface area (Å²) in [6, 6.07) is 18.5. The molecule has 7 rings (SSSR count). The number of halogens is 1. The maximum Gasteiger partial charge on any atom is 0.425 e. The summed E-state index contributed by atoms with van der Waals surface area (Å²) in [7, 11) is -19.7. The number of imidazole rings is 1. The summed E-state index contributed by atoms with van der Waals surface area (Å²) in [4.78, 5) is 17.7. The third kappa shape index (κ3) is 19.8. The van der Waals surface area contributed by atoms with Gasteiger partial charge in [-0.3, -0.25) is 27.4 Å². The Labute approximate surface area is 517 Å². The number of amides is 1. The van der Waals surface area contributed by atoms with Crippen LogP contribution in [0.2, 0.25) is 5.02 Å². The van der Waals surface area contributed by atoms with E-state index in [-0.39, 0.29) is 99.4 Å². The standard InChI is InChI=1S/C50H52ClN11O16S6.O3S/c1-27-19-37(58-61-47-30(4)46(48(52)63)49-53-36-25-45(84(74,75)76)42(77-5)26-40(36)62(49)50(47)64)41(78-13-6-16-81(65,66)67)22-33(27)56-59-38-21-29(3)35(24-44(38)80-15-8-18-83(71,72)73)57-60-39-20-28(2)34(55-54-32-11-9-31(51)10-12-32)23-43(39)79-14-7-17-82(68,69)70;1-4(2)3/h9-12,19-26,64H,6-8,13-18H2,1-5H3,(H2,52,63)(H,65,66,67)(H,68,69,70)(H,71,72,73)(H,74,75,76);. The minimum Gasteiger partial charge on any atom is -0.495 e. The van der Waals surface area contributed by atoms with Crippen molar-refractivity contribution in [1.82, 2.24) is 9.38 Å². The monoisotopic (exact) mass is 1370 g/mol. The summed E-state index contributed by atoms with van der Waals surface area (Å²) in [5.74, 6) is -3.23. The van der Waals surface area contributed by atoms with E-state index in [2.05, 4.69) is 45.9 Å². The highest BCUT2D eigenvalue weighted by molar-refractivity contribution is 7.99. The zero-order valence-electron chi connectivity index (χ0n) is 46.5. The van der Waals surface area contributed by atoms with Crippen molar-refractivity contribution in [3.63, 3.8) is 0 Å². The van der Waals surface area contributed by atoms with Crippen LogP contribution in [0.1, 0.15) is 51.9 Å². The molecule has 0 aliphatic heterocycles. The number of rotatable bonds is 26. The molecule has 0 bridgehead atoms. The van der Waals surface area contributed by atoms with E-state index < -0.39 is 85.0 Å². The van der Waals surface area contributed by atoms with E-state index >= 15 is 0 Å². The van der Waals surface area contributed by atoms with Crippen molar-refractivity contribution >= 4 is 154 Å². The van der Waals surface area contributed by atoms with Gasteiger partial charge in [-0.2, -0.15) is 54.1 Å². The lowest BCUT2D eigenvalue weighted by molar-refractivity contribution is 0.100. The molecule has 38 heteroatoms. The predicted molar refractivity (Wildman–Crippen MR) is 325 cm³/mol. The lowest BCUT2D eigenvalue weighted by Gasteiger charge is -2.13. The molecule has 0 atom stereocenters. The lowest BCUT2D eigenvalue weighted by atomic mass is 10.1. The summed E-state index contributed by atoms with van der Waals surface area (Å²) < 4.78 is 169. The van der Waals surface area contributed by atoms with Gasteiger partial charge in [0.15, 0.2) is 5.65 Å². The van der Waals surface area contributed by atoms with Gasteiger partial charge < -0.3 is 20.3 Å². The minimum absolute atomic E-state index is 0.00484. The number of aromatic nitrogens is 2. The molecule has 5 aromatic carbocycles. The number of carbonyl (C=O) groups excluding carboxylic acids is 1. The molecule has 0 unspecified atom stereocenters. The fourth-order valence-corrected chi connectivity index (χ4v) is 12.5. The average Bonchev–Trinajstić information content (AvgIpc) is 2.58. The molecule has 88 heavy (non-hydrogen) atoms. The number of hydrogen-bond donors (Lipinski definition) is 6. The fourth-order valence-electron chi connectivity index (χ4n) is 7.90. The molecule has 0 fully saturated rings. The Morgan fingerprint density at radius 2 is 1.08 bits per heavy atom. The van der Waals surface area contributed by atoms with E-state index in [1.807, 2.05) is 0 Å². The number of methoxy groups -OCH3 is 1. The number of azo groups is 4. The number of primary amides is 1. The van der Waals surface area contributed by atoms with Crippen LogP contribution >= 0.6 is 35.1 Å². The zero-order valence-corrected chi connectivity index (χ0v) is 53.0. The van der Waals surface area contributed by atoms with Crippen molar-refractivity contribution < 1.29 is 83.9 Å². The second kappa shape index (κ2) is 29.7. The van der Waals surface area contributed by atoms with Gasteiger partial charge in [0.1, 0.15) is 27.8 Å². The van der Waals surface area contributed by atoms with Crippen LogP contribution in [0, 0.1) is 27.7 Å². The number of aryl methyl sites for hydroxylation is 3. The highest BCUT2D eigenvalue weighted by atomic mass is 35.5. The molecule has 2 heterocycles. The average molecular weight is 1370 g/mol. The Morgan fingerprint density at radius 3 is 1.56 bits per heavy atom. The SMILES string of the molecule is COc1cc2c(cc1S(=O)(=O)O)nc1c(C(N)=O)c(C)c(N=Nc3cc(C)c(N=Nc4cc(C)c(N=Nc5cc(C)c(N=Nc6ccc(Cl)cc6)cc5SCCCS(=O)(=O)O)cc4SCCCS(=O)(=O)O)cc3OCCCS(=O)(=O)O)c(O)n12.O=S(=O)=O. The Bertz CT molecular complexity index is 4570. The van der Waals surface area contributed by atoms with Crippen LogP contribution in [0.15, 0.2) is 128 Å². The van der Waals surface area contributed by atoms with E-state index in [4.69, 9.17) is 39.4 Å². The van der Waals surface area contributed by atoms with Gasteiger partial charge in [-0.1, -0.05) is 11.6 Å². The number of nitrogens with two attached hydrogens (primary N) is 1. The molecule has 7 N–H and O–H groups in total. The van der Waals surface area contributed by atoms with Crippen LogP contribution in [0.4, 0.5) is 45.5 Å². The molecule has 0 spiro atoms. The van der Waals surface area contributed by atoms with Gasteiger partial charge in [0, 0.05) is 26.9 Å². The van der Waals surface area contributed by atoms with Crippen LogP contribution in [-0.4, -0.2) is 127 Å². The first-order valence-electron chi connectivity index (χ1n) is 25.0. The Balaban J connectivity index is 0.00000299. The summed E-state index contributed by atoms with van der Waals surface area (Å²) in [5, 5.41) is 47.9. The maximum atomic E-state index is 13.0. The number of pyridine rings is 1. The van der Waals surface area contributed by atoms with Gasteiger partial charge >= 0.3 is 10.6 Å². The van der Waals surface area contributed by atoms with Gasteiger partial charge in [0.05, 0.1) is 81.7 Å². The van der Waals surface area contributed by atoms with Crippen molar-refractivity contribution in [2.45, 2.75) is 61.6 Å². The summed E-state index contributed by atoms with van der Waals surface area (Å²) >= 11 is 8.47. The Morgan fingerprint density at radius 1 is 0.625 bits per heavy atom. The molecule has 1 amide bonds. The number of ether oxygens (including phenoxy) is 2. The van der Waals surface area contributed by atoms with Crippen molar-refractivity contribution in [1.29, 1.82) is 0 Å². The number of benzene rings is 5. The van der Waals surface area contributed by atoms with Crippen LogP contribution in [0.3, 0.4) is 0 Å². The number of carbonyl (C=O) groups is 1. The third-order valence-corrected chi connectivity index (χ3v) is 17.8. The third-order valence-electron chi connectivity index (χ3n) is 12.0. The van der Waals surface area contributed by atoms with Gasteiger partial charge in [-0.05, 0) is 141 Å². The molecule has 7 aromatic rings. The second-order valence-electron chi connectivity index (χ2n) is 18.5. The Hall–Kier alpha value is -7.43. The smallest absolute Gasteiger partial charge is 0.425 e. The minimum atomic E-state index is -4.83. The number of nitrogens with zero attached hydrogens (tertiary/aromatic N) is 10. The lowest BCUT2D eigenvalue weighted by Crippen LogP contribution is -2.15. The Kier molecular flexibility index (Phi) is 23.5. The fraction of sp³-hybridized carbons (Fsp3) is 0.280. The van der Waals surface area contributed by atoms with Crippen molar-refractivity contribution in [2.75, 3.05) is 42.5 Å². The molecule has 470 valence electrons. The normalized spacial score (nSPS) is 12.5. The molecule has 30 nitrogen and oxygen atoms in total. The summed E-state index contributed by atoms with van der Waals surface area (Å²) in [6.45, 7) is 6.27. The zero-order chi connectivity index (χ0) is 65.1. The largest absolute Gasteiger partial charge is 0.495 e.